The number of nitrogens with zero attached hydrogens (tertiary/aromatic N) is 4. The van der Waals surface area contributed by atoms with Gasteiger partial charge in [-0.15, -0.1) is 0 Å². The maximum Gasteiger partial charge on any atom is 0.143 e. The van der Waals surface area contributed by atoms with E-state index >= 15 is 0 Å². The van der Waals surface area contributed by atoms with Crippen molar-refractivity contribution in [2.45, 2.75) is 31.7 Å². The first kappa shape index (κ1) is 11.0. The SMILES string of the molecule is c1cn(-c2cc(NC(C3CC3)C3CC3)ncn2)cn1. The number of anilines is 1. The van der Waals surface area contributed by atoms with Crippen molar-refractivity contribution in [1.82, 2.24) is 19.5 Å². The molecular weight excluding hydrogens is 238 g/mol. The Morgan fingerprint density at radius 2 is 1.95 bits per heavy atom. The molecule has 19 heavy (non-hydrogen) atoms. The number of hydrogen-bond donors (Lipinski definition) is 1. The summed E-state index contributed by atoms with van der Waals surface area (Å²) in [5.74, 6) is 3.51. The van der Waals surface area contributed by atoms with Gasteiger partial charge >= 0.3 is 0 Å². The van der Waals surface area contributed by atoms with E-state index in [2.05, 4.69) is 20.3 Å². The Morgan fingerprint density at radius 1 is 1.16 bits per heavy atom. The molecule has 4 rings (SSSR count). The van der Waals surface area contributed by atoms with Crippen LogP contribution in [0.3, 0.4) is 0 Å². The average Bonchev–Trinajstić information content (AvgIpc) is 3.36. The maximum atomic E-state index is 4.35. The van der Waals surface area contributed by atoms with E-state index in [-0.39, 0.29) is 0 Å². The molecule has 2 fully saturated rings. The van der Waals surface area contributed by atoms with Gasteiger partial charge in [-0.3, -0.25) is 4.57 Å². The highest BCUT2D eigenvalue weighted by Gasteiger charge is 2.41. The summed E-state index contributed by atoms with van der Waals surface area (Å²) in [6.45, 7) is 0. The zero-order valence-electron chi connectivity index (χ0n) is 10.7. The lowest BCUT2D eigenvalue weighted by atomic mass is 10.1. The van der Waals surface area contributed by atoms with Crippen LogP contribution in [0.1, 0.15) is 25.7 Å². The minimum absolute atomic E-state index is 0.616. The predicted molar refractivity (Wildman–Crippen MR) is 72.0 cm³/mol. The van der Waals surface area contributed by atoms with Crippen molar-refractivity contribution in [3.63, 3.8) is 0 Å². The molecule has 0 atom stereocenters. The first-order valence-electron chi connectivity index (χ1n) is 6.97. The molecule has 5 heteroatoms. The van der Waals surface area contributed by atoms with E-state index < -0.39 is 0 Å². The van der Waals surface area contributed by atoms with Crippen molar-refractivity contribution in [3.05, 3.63) is 31.1 Å². The Kier molecular flexibility index (Phi) is 2.50. The summed E-state index contributed by atoms with van der Waals surface area (Å²) in [6, 6.07) is 2.62. The average molecular weight is 255 g/mol. The molecule has 5 nitrogen and oxygen atoms in total. The second-order valence-corrected chi connectivity index (χ2v) is 5.58. The van der Waals surface area contributed by atoms with E-state index in [9.17, 15) is 0 Å². The molecule has 0 radical (unpaired) electrons. The highest BCUT2D eigenvalue weighted by atomic mass is 15.1. The third-order valence-electron chi connectivity index (χ3n) is 4.00. The van der Waals surface area contributed by atoms with Gasteiger partial charge in [0.05, 0.1) is 0 Å². The monoisotopic (exact) mass is 255 g/mol. The second kappa shape index (κ2) is 4.33. The first-order valence-corrected chi connectivity index (χ1v) is 6.97. The van der Waals surface area contributed by atoms with E-state index in [0.717, 1.165) is 23.5 Å². The molecule has 0 aromatic carbocycles. The van der Waals surface area contributed by atoms with E-state index in [1.54, 1.807) is 18.9 Å². The first-order chi connectivity index (χ1) is 9.40. The number of aromatic nitrogens is 4. The van der Waals surface area contributed by atoms with Crippen LogP contribution >= 0.6 is 0 Å². The minimum Gasteiger partial charge on any atom is -0.367 e. The summed E-state index contributed by atoms with van der Waals surface area (Å²) in [7, 11) is 0. The Morgan fingerprint density at radius 3 is 2.58 bits per heavy atom. The Bertz CT molecular complexity index is 545. The van der Waals surface area contributed by atoms with Gasteiger partial charge in [0.15, 0.2) is 0 Å². The summed E-state index contributed by atoms with van der Waals surface area (Å²) in [4.78, 5) is 12.7. The standard InChI is InChI=1S/C14H17N5/c1-2-10(1)14(11-3-4-11)18-12-7-13(17-8-16-12)19-6-5-15-9-19/h5-11,14H,1-4H2,(H,16,17,18). The molecule has 0 bridgehead atoms. The van der Waals surface area contributed by atoms with Crippen LogP contribution in [0.25, 0.3) is 5.82 Å². The summed E-state index contributed by atoms with van der Waals surface area (Å²) >= 11 is 0. The minimum atomic E-state index is 0.616. The van der Waals surface area contributed by atoms with Gasteiger partial charge in [0.2, 0.25) is 0 Å². The van der Waals surface area contributed by atoms with Gasteiger partial charge in [-0.2, -0.15) is 0 Å². The van der Waals surface area contributed by atoms with Crippen LogP contribution in [0.4, 0.5) is 5.82 Å². The van der Waals surface area contributed by atoms with E-state index in [0.29, 0.717) is 6.04 Å². The van der Waals surface area contributed by atoms with E-state index in [4.69, 9.17) is 0 Å². The second-order valence-electron chi connectivity index (χ2n) is 5.58. The molecule has 0 aliphatic heterocycles. The Balaban J connectivity index is 1.55. The van der Waals surface area contributed by atoms with Crippen LogP contribution in [0, 0.1) is 11.8 Å². The number of rotatable bonds is 5. The lowest BCUT2D eigenvalue weighted by Crippen LogP contribution is -2.24. The van der Waals surface area contributed by atoms with Crippen LogP contribution in [0.15, 0.2) is 31.1 Å². The summed E-state index contributed by atoms with van der Waals surface area (Å²) in [5.41, 5.74) is 0. The molecule has 98 valence electrons. The fourth-order valence-electron chi connectivity index (χ4n) is 2.66. The Hall–Kier alpha value is -1.91. The topological polar surface area (TPSA) is 55.6 Å². The van der Waals surface area contributed by atoms with Crippen molar-refractivity contribution in [2.75, 3.05) is 5.32 Å². The lowest BCUT2D eigenvalue weighted by molar-refractivity contribution is 0.565. The number of hydrogen-bond acceptors (Lipinski definition) is 4. The zero-order valence-corrected chi connectivity index (χ0v) is 10.7. The quantitative estimate of drug-likeness (QED) is 0.890. The molecular formula is C14H17N5. The van der Waals surface area contributed by atoms with Gasteiger partial charge in [0, 0.05) is 24.5 Å². The van der Waals surface area contributed by atoms with Crippen LogP contribution in [-0.4, -0.2) is 25.6 Å². The molecule has 0 saturated heterocycles. The number of imidazole rings is 1. The van der Waals surface area contributed by atoms with Crippen LogP contribution < -0.4 is 5.32 Å². The molecule has 2 aliphatic rings. The highest BCUT2D eigenvalue weighted by Crippen LogP contribution is 2.45. The third kappa shape index (κ3) is 2.32. The normalized spacial score (nSPS) is 18.8. The van der Waals surface area contributed by atoms with E-state index in [1.807, 2.05) is 16.8 Å². The van der Waals surface area contributed by atoms with Crippen molar-refractivity contribution in [3.8, 4) is 5.82 Å². The highest BCUT2D eigenvalue weighted by molar-refractivity contribution is 5.42. The van der Waals surface area contributed by atoms with Gasteiger partial charge in [-0.05, 0) is 37.5 Å². The van der Waals surface area contributed by atoms with Crippen LogP contribution in [0.2, 0.25) is 0 Å². The van der Waals surface area contributed by atoms with Gasteiger partial charge in [-0.1, -0.05) is 0 Å². The van der Waals surface area contributed by atoms with Gasteiger partial charge in [-0.25, -0.2) is 15.0 Å². The number of nitrogens with one attached hydrogen (secondary N) is 1. The molecule has 2 aliphatic carbocycles. The summed E-state index contributed by atoms with van der Waals surface area (Å²) in [5, 5.41) is 3.62. The smallest absolute Gasteiger partial charge is 0.143 e. The molecule has 2 saturated carbocycles. The van der Waals surface area contributed by atoms with Crippen molar-refractivity contribution >= 4 is 5.82 Å². The Labute approximate surface area is 112 Å². The van der Waals surface area contributed by atoms with Crippen molar-refractivity contribution in [1.29, 1.82) is 0 Å². The lowest BCUT2D eigenvalue weighted by Gasteiger charge is -2.18. The van der Waals surface area contributed by atoms with Crippen molar-refractivity contribution in [2.24, 2.45) is 11.8 Å². The summed E-state index contributed by atoms with van der Waals surface area (Å²) in [6.07, 6.45) is 12.5. The molecule has 0 amide bonds. The van der Waals surface area contributed by atoms with Gasteiger partial charge in [0.1, 0.15) is 24.3 Å². The molecule has 2 aromatic rings. The largest absolute Gasteiger partial charge is 0.367 e. The molecule has 2 aromatic heterocycles. The van der Waals surface area contributed by atoms with Crippen LogP contribution in [0.5, 0.6) is 0 Å². The molecule has 0 unspecified atom stereocenters. The zero-order chi connectivity index (χ0) is 12.7. The van der Waals surface area contributed by atoms with Gasteiger partial charge in [0.25, 0.3) is 0 Å². The molecule has 1 N–H and O–H groups in total. The molecule has 0 spiro atoms. The fraction of sp³-hybridized carbons (Fsp3) is 0.500. The third-order valence-corrected chi connectivity index (χ3v) is 4.00. The summed E-state index contributed by atoms with van der Waals surface area (Å²) < 4.78 is 1.90. The van der Waals surface area contributed by atoms with Gasteiger partial charge < -0.3 is 5.32 Å². The van der Waals surface area contributed by atoms with Crippen molar-refractivity contribution < 1.29 is 0 Å². The maximum absolute atomic E-state index is 4.35. The van der Waals surface area contributed by atoms with Crippen LogP contribution in [-0.2, 0) is 0 Å². The van der Waals surface area contributed by atoms with E-state index in [1.165, 1.54) is 25.7 Å². The fourth-order valence-corrected chi connectivity index (χ4v) is 2.66. The molecule has 2 heterocycles. The predicted octanol–water partition coefficient (Wildman–Crippen LogP) is 2.26.